The molecule has 0 aromatic carbocycles. The summed E-state index contributed by atoms with van der Waals surface area (Å²) in [5.41, 5.74) is -0.635. The molecule has 0 aliphatic carbocycles. The third-order valence-electron chi connectivity index (χ3n) is 3.20. The van der Waals surface area contributed by atoms with Gasteiger partial charge < -0.3 is 10.4 Å². The van der Waals surface area contributed by atoms with Gasteiger partial charge >= 0.3 is 0 Å². The molecular formula is C11H17F2N3O. The van der Waals surface area contributed by atoms with Crippen LogP contribution in [0.3, 0.4) is 0 Å². The highest BCUT2D eigenvalue weighted by Gasteiger charge is 2.32. The van der Waals surface area contributed by atoms with E-state index in [4.69, 9.17) is 0 Å². The van der Waals surface area contributed by atoms with Gasteiger partial charge in [-0.05, 0) is 25.9 Å². The molecule has 0 amide bonds. The van der Waals surface area contributed by atoms with E-state index in [0.29, 0.717) is 18.4 Å². The molecule has 17 heavy (non-hydrogen) atoms. The first-order valence-corrected chi connectivity index (χ1v) is 5.74. The van der Waals surface area contributed by atoms with E-state index in [2.05, 4.69) is 10.4 Å². The Morgan fingerprint density at radius 3 is 2.76 bits per heavy atom. The number of aryl methyl sites for hydroxylation is 1. The Morgan fingerprint density at radius 2 is 2.18 bits per heavy atom. The fourth-order valence-electron chi connectivity index (χ4n) is 2.30. The molecule has 0 bridgehead atoms. The lowest BCUT2D eigenvalue weighted by Crippen LogP contribution is -2.43. The second-order valence-electron chi connectivity index (χ2n) is 4.67. The molecule has 0 saturated carbocycles. The Bertz CT molecular complexity index is 386. The SMILES string of the molecule is Cn1cc(CC2(O)CCNCC2)c(C(F)F)n1. The van der Waals surface area contributed by atoms with Crippen LogP contribution in [0, 0.1) is 0 Å². The molecule has 6 heteroatoms. The number of nitrogens with one attached hydrogen (secondary N) is 1. The van der Waals surface area contributed by atoms with Gasteiger partial charge in [0.05, 0.1) is 5.60 Å². The number of aliphatic hydroxyl groups is 1. The van der Waals surface area contributed by atoms with Gasteiger partial charge in [-0.2, -0.15) is 5.10 Å². The molecule has 1 fully saturated rings. The van der Waals surface area contributed by atoms with Crippen molar-refractivity contribution in [2.75, 3.05) is 13.1 Å². The predicted octanol–water partition coefficient (Wildman–Crippen LogP) is 1.01. The molecule has 1 aromatic heterocycles. The molecule has 2 N–H and O–H groups in total. The summed E-state index contributed by atoms with van der Waals surface area (Å²) in [6, 6.07) is 0. The molecule has 1 aliphatic rings. The van der Waals surface area contributed by atoms with Gasteiger partial charge in [-0.1, -0.05) is 0 Å². The third-order valence-corrected chi connectivity index (χ3v) is 3.20. The van der Waals surface area contributed by atoms with Crippen molar-refractivity contribution in [1.82, 2.24) is 15.1 Å². The van der Waals surface area contributed by atoms with Gasteiger partial charge in [-0.3, -0.25) is 4.68 Å². The molecule has 1 aliphatic heterocycles. The number of halogens is 2. The minimum Gasteiger partial charge on any atom is -0.389 e. The van der Waals surface area contributed by atoms with E-state index in [9.17, 15) is 13.9 Å². The average molecular weight is 245 g/mol. The van der Waals surface area contributed by atoms with Gasteiger partial charge in [-0.25, -0.2) is 8.78 Å². The lowest BCUT2D eigenvalue weighted by Gasteiger charge is -2.32. The molecule has 4 nitrogen and oxygen atoms in total. The number of rotatable bonds is 3. The van der Waals surface area contributed by atoms with Crippen molar-refractivity contribution in [3.05, 3.63) is 17.5 Å². The molecule has 96 valence electrons. The predicted molar refractivity (Wildman–Crippen MR) is 58.9 cm³/mol. The van der Waals surface area contributed by atoms with E-state index in [1.165, 1.54) is 4.68 Å². The highest BCUT2D eigenvalue weighted by atomic mass is 19.3. The summed E-state index contributed by atoms with van der Waals surface area (Å²) in [5.74, 6) is 0. The van der Waals surface area contributed by atoms with Gasteiger partial charge in [0.15, 0.2) is 0 Å². The highest BCUT2D eigenvalue weighted by molar-refractivity contribution is 5.21. The molecule has 1 aromatic rings. The van der Waals surface area contributed by atoms with E-state index in [-0.39, 0.29) is 12.1 Å². The molecule has 1 saturated heterocycles. The van der Waals surface area contributed by atoms with Crippen LogP contribution in [0.5, 0.6) is 0 Å². The van der Waals surface area contributed by atoms with Gasteiger partial charge in [0.25, 0.3) is 6.43 Å². The number of nitrogens with zero attached hydrogens (tertiary/aromatic N) is 2. The second kappa shape index (κ2) is 4.70. The minimum atomic E-state index is -2.59. The van der Waals surface area contributed by atoms with Gasteiger partial charge in [-0.15, -0.1) is 0 Å². The Labute approximate surface area is 98.6 Å². The molecule has 0 unspecified atom stereocenters. The lowest BCUT2D eigenvalue weighted by molar-refractivity contribution is 0.0100. The van der Waals surface area contributed by atoms with Gasteiger partial charge in [0.1, 0.15) is 5.69 Å². The van der Waals surface area contributed by atoms with Crippen LogP contribution in [-0.4, -0.2) is 33.6 Å². The van der Waals surface area contributed by atoms with E-state index >= 15 is 0 Å². The zero-order valence-corrected chi connectivity index (χ0v) is 9.79. The summed E-state index contributed by atoms with van der Waals surface area (Å²) >= 11 is 0. The smallest absolute Gasteiger partial charge is 0.282 e. The van der Waals surface area contributed by atoms with Crippen LogP contribution < -0.4 is 5.32 Å². The first kappa shape index (κ1) is 12.4. The number of piperidine rings is 1. The van der Waals surface area contributed by atoms with Crippen molar-refractivity contribution in [1.29, 1.82) is 0 Å². The summed E-state index contributed by atoms with van der Waals surface area (Å²) in [4.78, 5) is 0. The summed E-state index contributed by atoms with van der Waals surface area (Å²) in [7, 11) is 1.61. The largest absolute Gasteiger partial charge is 0.389 e. The second-order valence-corrected chi connectivity index (χ2v) is 4.67. The van der Waals surface area contributed by atoms with Crippen molar-refractivity contribution >= 4 is 0 Å². The number of alkyl halides is 2. The quantitative estimate of drug-likeness (QED) is 0.835. The average Bonchev–Trinajstić information content (AvgIpc) is 2.59. The van der Waals surface area contributed by atoms with E-state index in [0.717, 1.165) is 13.1 Å². The number of hydrogen-bond acceptors (Lipinski definition) is 3. The summed E-state index contributed by atoms with van der Waals surface area (Å²) in [5, 5.41) is 17.2. The zero-order valence-electron chi connectivity index (χ0n) is 9.79. The Hall–Kier alpha value is -1.01. The van der Waals surface area contributed by atoms with Crippen LogP contribution in [-0.2, 0) is 13.5 Å². The normalized spacial score (nSPS) is 19.8. The molecule has 0 atom stereocenters. The summed E-state index contributed by atoms with van der Waals surface area (Å²) < 4.78 is 26.9. The van der Waals surface area contributed by atoms with Gasteiger partial charge in [0.2, 0.25) is 0 Å². The molecular weight excluding hydrogens is 228 g/mol. The van der Waals surface area contributed by atoms with Crippen LogP contribution in [0.15, 0.2) is 6.20 Å². The molecule has 0 spiro atoms. The fraction of sp³-hybridized carbons (Fsp3) is 0.727. The molecule has 0 radical (unpaired) electrons. The van der Waals surface area contributed by atoms with E-state index in [1.807, 2.05) is 0 Å². The van der Waals surface area contributed by atoms with Crippen LogP contribution in [0.4, 0.5) is 8.78 Å². The highest BCUT2D eigenvalue weighted by Crippen LogP contribution is 2.28. The van der Waals surface area contributed by atoms with E-state index < -0.39 is 12.0 Å². The first-order valence-electron chi connectivity index (χ1n) is 5.74. The minimum absolute atomic E-state index is 0.209. The zero-order chi connectivity index (χ0) is 12.5. The summed E-state index contributed by atoms with van der Waals surface area (Å²) in [6.07, 6.45) is 0.412. The van der Waals surface area contributed by atoms with Crippen LogP contribution in [0.25, 0.3) is 0 Å². The van der Waals surface area contributed by atoms with Crippen molar-refractivity contribution in [3.63, 3.8) is 0 Å². The maximum Gasteiger partial charge on any atom is 0.282 e. The van der Waals surface area contributed by atoms with Crippen LogP contribution in [0.2, 0.25) is 0 Å². The van der Waals surface area contributed by atoms with E-state index in [1.54, 1.807) is 13.2 Å². The number of hydrogen-bond donors (Lipinski definition) is 2. The third kappa shape index (κ3) is 2.81. The van der Waals surface area contributed by atoms with Crippen molar-refractivity contribution in [3.8, 4) is 0 Å². The standard InChI is InChI=1S/C11H17F2N3O/c1-16-7-8(9(15-16)10(12)13)6-11(17)2-4-14-5-3-11/h7,10,14,17H,2-6H2,1H3. The number of aromatic nitrogens is 2. The topological polar surface area (TPSA) is 50.1 Å². The van der Waals surface area contributed by atoms with Crippen molar-refractivity contribution in [2.45, 2.75) is 31.3 Å². The Morgan fingerprint density at radius 1 is 1.53 bits per heavy atom. The Balaban J connectivity index is 2.17. The molecule has 2 heterocycles. The van der Waals surface area contributed by atoms with Gasteiger partial charge in [0, 0.05) is 25.2 Å². The Kier molecular flexibility index (Phi) is 3.44. The summed E-state index contributed by atoms with van der Waals surface area (Å²) in [6.45, 7) is 1.45. The fourth-order valence-corrected chi connectivity index (χ4v) is 2.30. The first-order chi connectivity index (χ1) is 8.00. The monoisotopic (exact) mass is 245 g/mol. The lowest BCUT2D eigenvalue weighted by atomic mass is 9.86. The van der Waals surface area contributed by atoms with Crippen molar-refractivity contribution in [2.24, 2.45) is 7.05 Å². The van der Waals surface area contributed by atoms with Crippen LogP contribution >= 0.6 is 0 Å². The van der Waals surface area contributed by atoms with Crippen molar-refractivity contribution < 1.29 is 13.9 Å². The maximum absolute atomic E-state index is 12.8. The van der Waals surface area contributed by atoms with Crippen LogP contribution in [0.1, 0.15) is 30.5 Å². The molecule has 2 rings (SSSR count). The maximum atomic E-state index is 12.8.